The number of hydrogen-bond donors (Lipinski definition) is 3. The van der Waals surface area contributed by atoms with E-state index in [4.69, 9.17) is 25.7 Å². The van der Waals surface area contributed by atoms with Gasteiger partial charge in [-0.1, -0.05) is 0 Å². The number of pyridine rings is 1. The lowest BCUT2D eigenvalue weighted by Crippen LogP contribution is -1.97. The zero-order valence-electron chi connectivity index (χ0n) is 13.0. The predicted molar refractivity (Wildman–Crippen MR) is 87.8 cm³/mol. The molecule has 0 spiro atoms. The smallest absolute Gasteiger partial charge is 0.203 e. The lowest BCUT2D eigenvalue weighted by Gasteiger charge is -2.14. The Labute approximate surface area is 132 Å². The fraction of sp³-hybridized carbons (Fsp3) is 0.200. The van der Waals surface area contributed by atoms with Gasteiger partial charge in [0.15, 0.2) is 23.1 Å². The summed E-state index contributed by atoms with van der Waals surface area (Å²) in [6.45, 7) is 0. The Hall–Kier alpha value is -3.16. The summed E-state index contributed by atoms with van der Waals surface area (Å²) in [7, 11) is 4.67. The van der Waals surface area contributed by atoms with Crippen molar-refractivity contribution in [3.05, 3.63) is 18.2 Å². The number of H-pyrrole nitrogens is 1. The molecule has 0 saturated carbocycles. The number of imidazole rings is 1. The lowest BCUT2D eigenvalue weighted by molar-refractivity contribution is 0.324. The molecule has 3 rings (SSSR count). The van der Waals surface area contributed by atoms with E-state index < -0.39 is 0 Å². The quantitative estimate of drug-likeness (QED) is 0.671. The molecule has 3 aromatic rings. The van der Waals surface area contributed by atoms with E-state index in [1.54, 1.807) is 27.4 Å². The first-order chi connectivity index (χ1) is 11.1. The van der Waals surface area contributed by atoms with Crippen molar-refractivity contribution in [2.45, 2.75) is 0 Å². The number of ether oxygens (including phenoxy) is 3. The SMILES string of the molecule is COc1cc(-c2cc(N)nc3[nH]c(N)nc23)cc(OC)c1OC. The van der Waals surface area contributed by atoms with Gasteiger partial charge >= 0.3 is 0 Å². The molecule has 2 heterocycles. The highest BCUT2D eigenvalue weighted by Crippen LogP contribution is 2.42. The molecule has 8 heteroatoms. The van der Waals surface area contributed by atoms with E-state index in [1.807, 2.05) is 12.1 Å². The first-order valence-electron chi connectivity index (χ1n) is 6.79. The Kier molecular flexibility index (Phi) is 3.57. The molecule has 0 unspecified atom stereocenters. The second-order valence-electron chi connectivity index (χ2n) is 4.83. The van der Waals surface area contributed by atoms with Crippen LogP contribution in [-0.4, -0.2) is 36.3 Å². The number of hydrogen-bond acceptors (Lipinski definition) is 7. The minimum Gasteiger partial charge on any atom is -0.493 e. The molecule has 0 fully saturated rings. The third-order valence-electron chi connectivity index (χ3n) is 3.47. The van der Waals surface area contributed by atoms with E-state index in [0.717, 1.165) is 11.1 Å². The van der Waals surface area contributed by atoms with Crippen LogP contribution in [0, 0.1) is 0 Å². The van der Waals surface area contributed by atoms with Crippen LogP contribution in [0.1, 0.15) is 0 Å². The zero-order chi connectivity index (χ0) is 16.6. The van der Waals surface area contributed by atoms with E-state index in [9.17, 15) is 0 Å². The van der Waals surface area contributed by atoms with Gasteiger partial charge in [-0.2, -0.15) is 0 Å². The fourth-order valence-corrected chi connectivity index (χ4v) is 2.48. The molecule has 1 aromatic carbocycles. The summed E-state index contributed by atoms with van der Waals surface area (Å²) in [6.07, 6.45) is 0. The molecule has 0 amide bonds. The second-order valence-corrected chi connectivity index (χ2v) is 4.83. The molecule has 8 nitrogen and oxygen atoms in total. The summed E-state index contributed by atoms with van der Waals surface area (Å²) in [5.41, 5.74) is 14.3. The molecular weight excluding hydrogens is 298 g/mol. The molecule has 0 aliphatic heterocycles. The standard InChI is InChI=1S/C15H17N5O3/c1-21-9-4-7(5-10(22-2)13(9)23-3)8-6-11(16)18-14-12(8)19-15(17)20-14/h4-6H,1-3H3,(H5,16,17,18,19,20). The molecule has 0 aliphatic rings. The van der Waals surface area contributed by atoms with E-state index in [1.165, 1.54) is 0 Å². The predicted octanol–water partition coefficient (Wildman–Crippen LogP) is 1.82. The van der Waals surface area contributed by atoms with Crippen molar-refractivity contribution in [3.8, 4) is 28.4 Å². The van der Waals surface area contributed by atoms with Gasteiger partial charge in [-0.25, -0.2) is 9.97 Å². The molecule has 23 heavy (non-hydrogen) atoms. The summed E-state index contributed by atoms with van der Waals surface area (Å²) in [5.74, 6) is 2.21. The summed E-state index contributed by atoms with van der Waals surface area (Å²) >= 11 is 0. The average molecular weight is 315 g/mol. The summed E-state index contributed by atoms with van der Waals surface area (Å²) in [5, 5.41) is 0. The van der Waals surface area contributed by atoms with Crippen LogP contribution in [0.3, 0.4) is 0 Å². The van der Waals surface area contributed by atoms with E-state index >= 15 is 0 Å². The van der Waals surface area contributed by atoms with E-state index in [0.29, 0.717) is 34.2 Å². The normalized spacial score (nSPS) is 10.7. The summed E-state index contributed by atoms with van der Waals surface area (Å²) < 4.78 is 16.1. The molecule has 2 aromatic heterocycles. The van der Waals surface area contributed by atoms with Crippen LogP contribution in [0.4, 0.5) is 11.8 Å². The molecule has 120 valence electrons. The maximum Gasteiger partial charge on any atom is 0.203 e. The highest BCUT2D eigenvalue weighted by molar-refractivity contribution is 5.93. The van der Waals surface area contributed by atoms with Gasteiger partial charge in [-0.05, 0) is 23.8 Å². The number of fused-ring (bicyclic) bond motifs is 1. The monoisotopic (exact) mass is 315 g/mol. The average Bonchev–Trinajstić information content (AvgIpc) is 2.92. The molecule has 0 bridgehead atoms. The first kappa shape index (κ1) is 14.8. The van der Waals surface area contributed by atoms with Crippen LogP contribution < -0.4 is 25.7 Å². The summed E-state index contributed by atoms with van der Waals surface area (Å²) in [6, 6.07) is 5.37. The highest BCUT2D eigenvalue weighted by atomic mass is 16.5. The van der Waals surface area contributed by atoms with Crippen molar-refractivity contribution >= 4 is 22.9 Å². The topological polar surface area (TPSA) is 121 Å². The van der Waals surface area contributed by atoms with Crippen LogP contribution in [0.25, 0.3) is 22.3 Å². The Morgan fingerprint density at radius 1 is 0.913 bits per heavy atom. The third-order valence-corrected chi connectivity index (χ3v) is 3.47. The Balaban J connectivity index is 2.30. The number of methoxy groups -OCH3 is 3. The van der Waals surface area contributed by atoms with Gasteiger partial charge < -0.3 is 30.7 Å². The number of aromatic nitrogens is 3. The van der Waals surface area contributed by atoms with Crippen LogP contribution in [0.15, 0.2) is 18.2 Å². The molecule has 0 aliphatic carbocycles. The number of nitrogens with two attached hydrogens (primary N) is 2. The largest absolute Gasteiger partial charge is 0.493 e. The van der Waals surface area contributed by atoms with E-state index in [-0.39, 0.29) is 5.95 Å². The Bertz CT molecular complexity index is 850. The Morgan fingerprint density at radius 2 is 1.57 bits per heavy atom. The highest BCUT2D eigenvalue weighted by Gasteiger charge is 2.17. The van der Waals surface area contributed by atoms with Gasteiger partial charge in [0.1, 0.15) is 11.3 Å². The van der Waals surface area contributed by atoms with Crippen molar-refractivity contribution in [2.24, 2.45) is 0 Å². The number of nitrogens with one attached hydrogen (secondary N) is 1. The summed E-state index contributed by atoms with van der Waals surface area (Å²) in [4.78, 5) is 11.3. The van der Waals surface area contributed by atoms with Crippen molar-refractivity contribution in [1.29, 1.82) is 0 Å². The van der Waals surface area contributed by atoms with Gasteiger partial charge in [0, 0.05) is 5.56 Å². The van der Waals surface area contributed by atoms with Gasteiger partial charge in [-0.3, -0.25) is 0 Å². The fourth-order valence-electron chi connectivity index (χ4n) is 2.48. The maximum absolute atomic E-state index is 5.88. The minimum atomic E-state index is 0.270. The van der Waals surface area contributed by atoms with Crippen molar-refractivity contribution < 1.29 is 14.2 Å². The number of nitrogens with zero attached hydrogens (tertiary/aromatic N) is 2. The van der Waals surface area contributed by atoms with Crippen LogP contribution in [0.5, 0.6) is 17.2 Å². The zero-order valence-corrected chi connectivity index (χ0v) is 13.0. The second kappa shape index (κ2) is 5.56. The van der Waals surface area contributed by atoms with Crippen molar-refractivity contribution in [2.75, 3.05) is 32.8 Å². The van der Waals surface area contributed by atoms with E-state index in [2.05, 4.69) is 15.0 Å². The first-order valence-corrected chi connectivity index (χ1v) is 6.79. The molecule has 0 atom stereocenters. The number of nitrogen functional groups attached to an aromatic ring is 2. The van der Waals surface area contributed by atoms with Crippen LogP contribution in [-0.2, 0) is 0 Å². The van der Waals surface area contributed by atoms with Crippen molar-refractivity contribution in [3.63, 3.8) is 0 Å². The number of benzene rings is 1. The third kappa shape index (κ3) is 2.44. The maximum atomic E-state index is 5.88. The van der Waals surface area contributed by atoms with Crippen LogP contribution >= 0.6 is 0 Å². The minimum absolute atomic E-state index is 0.270. The molecule has 5 N–H and O–H groups in total. The molecule has 0 saturated heterocycles. The number of rotatable bonds is 4. The molecular formula is C15H17N5O3. The lowest BCUT2D eigenvalue weighted by atomic mass is 10.0. The van der Waals surface area contributed by atoms with Crippen LogP contribution in [0.2, 0.25) is 0 Å². The van der Waals surface area contributed by atoms with Gasteiger partial charge in [0.05, 0.1) is 21.3 Å². The van der Waals surface area contributed by atoms with Gasteiger partial charge in [0.25, 0.3) is 0 Å². The number of aromatic amines is 1. The Morgan fingerprint density at radius 3 is 2.13 bits per heavy atom. The molecule has 0 radical (unpaired) electrons. The van der Waals surface area contributed by atoms with Crippen molar-refractivity contribution in [1.82, 2.24) is 15.0 Å². The van der Waals surface area contributed by atoms with Gasteiger partial charge in [-0.15, -0.1) is 0 Å². The number of anilines is 2. The van der Waals surface area contributed by atoms with Gasteiger partial charge in [0.2, 0.25) is 5.75 Å².